The number of unbranched alkanes of at least 4 members (excludes halogenated alkanes) is 1. The van der Waals surface area contributed by atoms with E-state index in [1.165, 1.54) is 0 Å². The molecule has 2 rings (SSSR count). The minimum Gasteiger partial charge on any atom is -0.395 e. The number of nitrogens with zero attached hydrogens (tertiary/aromatic N) is 2. The molecular formula is C28H48N4O10S. The number of hydrogen-bond acceptors (Lipinski definition) is 13. The lowest BCUT2D eigenvalue weighted by Crippen LogP contribution is -2.62. The summed E-state index contributed by atoms with van der Waals surface area (Å²) in [5.41, 5.74) is 0. The van der Waals surface area contributed by atoms with Crippen LogP contribution in [0.2, 0.25) is 0 Å². The van der Waals surface area contributed by atoms with Gasteiger partial charge in [-0.25, -0.2) is 0 Å². The molecule has 0 aromatic carbocycles. The standard InChI is InChI=1S/C28H48N4O10S/c1-14(2)16(5)26(40)29-25(22(37)15(3)4)30-27(41)19(35)13-43-20-10-21(36)32(28(20)42)9-7-6-8-31-11-18(34)24(39)23(38)17(31)12-33/h14-18,20,23-25,27,30,33-34,38-39,41H,6-13H2,1-5H3,(H,29,40)/t16?,17-,18+,20?,23-,24-,25?,27?/m1/s1. The summed E-state index contributed by atoms with van der Waals surface area (Å²) >= 11 is 0.917. The van der Waals surface area contributed by atoms with E-state index in [-0.39, 0.29) is 31.2 Å². The van der Waals surface area contributed by atoms with Crippen molar-refractivity contribution >= 4 is 41.0 Å². The second kappa shape index (κ2) is 16.9. The van der Waals surface area contributed by atoms with Crippen LogP contribution in [0.15, 0.2) is 0 Å². The van der Waals surface area contributed by atoms with Crippen LogP contribution in [0.3, 0.4) is 0 Å². The monoisotopic (exact) mass is 632 g/mol. The van der Waals surface area contributed by atoms with E-state index in [1.54, 1.807) is 25.7 Å². The topological polar surface area (TPSA) is 217 Å². The van der Waals surface area contributed by atoms with E-state index in [1.807, 2.05) is 13.8 Å². The Kier molecular flexibility index (Phi) is 14.6. The molecule has 8 atom stereocenters. The lowest BCUT2D eigenvalue weighted by molar-refractivity contribution is -0.145. The number of ketones is 2. The second-order valence-corrected chi connectivity index (χ2v) is 13.1. The number of rotatable bonds is 17. The first-order chi connectivity index (χ1) is 20.1. The summed E-state index contributed by atoms with van der Waals surface area (Å²) in [4.78, 5) is 66.0. The molecule has 0 bridgehead atoms. The van der Waals surface area contributed by atoms with Crippen molar-refractivity contribution in [2.75, 3.05) is 32.0 Å². The smallest absolute Gasteiger partial charge is 0.242 e. The molecule has 0 radical (unpaired) electrons. The number of hydrogen-bond donors (Lipinski definition) is 7. The molecule has 2 aliphatic rings. The molecule has 2 heterocycles. The van der Waals surface area contributed by atoms with Crippen molar-refractivity contribution in [1.82, 2.24) is 20.4 Å². The third-order valence-corrected chi connectivity index (χ3v) is 9.33. The predicted molar refractivity (Wildman–Crippen MR) is 157 cm³/mol. The minimum absolute atomic E-state index is 0.00954. The summed E-state index contributed by atoms with van der Waals surface area (Å²) in [6, 6.07) is -0.741. The van der Waals surface area contributed by atoms with E-state index in [2.05, 4.69) is 10.6 Å². The third-order valence-electron chi connectivity index (χ3n) is 8.11. The van der Waals surface area contributed by atoms with Crippen LogP contribution < -0.4 is 10.6 Å². The fraction of sp³-hybridized carbons (Fsp3) is 0.821. The molecule has 0 aromatic rings. The van der Waals surface area contributed by atoms with Gasteiger partial charge in [-0.05, 0) is 25.3 Å². The van der Waals surface area contributed by atoms with E-state index in [4.69, 9.17) is 0 Å². The van der Waals surface area contributed by atoms with Gasteiger partial charge in [0.2, 0.25) is 17.7 Å². The van der Waals surface area contributed by atoms with Gasteiger partial charge in [-0.15, -0.1) is 11.8 Å². The molecule has 0 aliphatic carbocycles. The number of nitrogens with one attached hydrogen (secondary N) is 2. The number of amides is 3. The molecule has 0 spiro atoms. The summed E-state index contributed by atoms with van der Waals surface area (Å²) in [5.74, 6) is -3.55. The molecule has 43 heavy (non-hydrogen) atoms. The Morgan fingerprint density at radius 1 is 1.00 bits per heavy atom. The molecule has 246 valence electrons. The van der Waals surface area contributed by atoms with Crippen molar-refractivity contribution in [3.8, 4) is 0 Å². The largest absolute Gasteiger partial charge is 0.395 e. The lowest BCUT2D eigenvalue weighted by Gasteiger charge is -2.43. The van der Waals surface area contributed by atoms with Crippen LogP contribution in [-0.4, -0.2) is 139 Å². The lowest BCUT2D eigenvalue weighted by atomic mass is 9.94. The summed E-state index contributed by atoms with van der Waals surface area (Å²) in [7, 11) is 0. The number of aliphatic hydroxyl groups excluding tert-OH is 5. The van der Waals surface area contributed by atoms with Gasteiger partial charge in [0.25, 0.3) is 0 Å². The van der Waals surface area contributed by atoms with E-state index in [9.17, 15) is 49.5 Å². The first-order valence-corrected chi connectivity index (χ1v) is 15.8. The van der Waals surface area contributed by atoms with Crippen molar-refractivity contribution in [2.45, 2.75) is 95.9 Å². The van der Waals surface area contributed by atoms with Crippen LogP contribution in [0.1, 0.15) is 53.9 Å². The fourth-order valence-electron chi connectivity index (χ4n) is 4.86. The molecule has 2 saturated heterocycles. The minimum atomic E-state index is -1.78. The normalized spacial score (nSPS) is 27.1. The molecule has 7 N–H and O–H groups in total. The van der Waals surface area contributed by atoms with Crippen LogP contribution in [0.5, 0.6) is 0 Å². The zero-order chi connectivity index (χ0) is 32.6. The van der Waals surface area contributed by atoms with Crippen molar-refractivity contribution in [2.24, 2.45) is 17.8 Å². The number of β-amino-alcohol motifs (C(OH)–C–C–N with tert-alkyl or cyclic N) is 1. The number of likely N-dealkylation sites (tertiary alicyclic amines) is 2. The molecule has 4 unspecified atom stereocenters. The molecule has 14 nitrogen and oxygen atoms in total. The molecule has 2 fully saturated rings. The average Bonchev–Trinajstić information content (AvgIpc) is 3.22. The predicted octanol–water partition coefficient (Wildman–Crippen LogP) is -2.18. The van der Waals surface area contributed by atoms with Gasteiger partial charge in [0.1, 0.15) is 18.4 Å². The van der Waals surface area contributed by atoms with Crippen LogP contribution in [-0.2, 0) is 24.0 Å². The number of thioether (sulfide) groups is 1. The zero-order valence-corrected chi connectivity index (χ0v) is 26.3. The third kappa shape index (κ3) is 10.0. The number of carbonyl (C=O) groups excluding carboxylic acids is 5. The van der Waals surface area contributed by atoms with Gasteiger partial charge in [0, 0.05) is 31.3 Å². The molecular weight excluding hydrogens is 584 g/mol. The van der Waals surface area contributed by atoms with Crippen LogP contribution in [0.4, 0.5) is 0 Å². The van der Waals surface area contributed by atoms with Crippen LogP contribution >= 0.6 is 11.8 Å². The SMILES string of the molecule is CC(C)C(=O)C(NC(=O)C(C)C(C)C)NC(O)C(=O)CSC1CC(=O)N(CCCCN2C[C@H](O)[C@@H](O)[C@H](O)[C@H]2CO)C1=O. The Labute approximate surface area is 256 Å². The van der Waals surface area contributed by atoms with Crippen molar-refractivity contribution in [3.05, 3.63) is 0 Å². The van der Waals surface area contributed by atoms with Gasteiger partial charge < -0.3 is 30.8 Å². The zero-order valence-electron chi connectivity index (χ0n) is 25.5. The van der Waals surface area contributed by atoms with E-state index in [0.717, 1.165) is 16.7 Å². The maximum atomic E-state index is 12.9. The molecule has 0 aromatic heterocycles. The highest BCUT2D eigenvalue weighted by Crippen LogP contribution is 2.26. The van der Waals surface area contributed by atoms with Crippen molar-refractivity contribution < 1.29 is 49.5 Å². The Bertz CT molecular complexity index is 999. The van der Waals surface area contributed by atoms with Crippen molar-refractivity contribution in [1.29, 1.82) is 0 Å². The quantitative estimate of drug-likeness (QED) is 0.0516. The summed E-state index contributed by atoms with van der Waals surface area (Å²) in [6.07, 6.45) is -6.08. The number of aliphatic hydroxyl groups is 5. The Morgan fingerprint density at radius 3 is 2.21 bits per heavy atom. The maximum absolute atomic E-state index is 12.9. The number of imide groups is 1. The van der Waals surface area contributed by atoms with Gasteiger partial charge in [-0.1, -0.05) is 34.6 Å². The number of Topliss-reactive ketones (excluding diaryl/α,β-unsaturated/α-hetero) is 2. The van der Waals surface area contributed by atoms with Gasteiger partial charge >= 0.3 is 0 Å². The van der Waals surface area contributed by atoms with E-state index >= 15 is 0 Å². The van der Waals surface area contributed by atoms with Gasteiger partial charge in [-0.2, -0.15) is 0 Å². The van der Waals surface area contributed by atoms with Gasteiger partial charge in [0.15, 0.2) is 17.8 Å². The van der Waals surface area contributed by atoms with E-state index in [0.29, 0.717) is 19.4 Å². The Morgan fingerprint density at radius 2 is 1.63 bits per heavy atom. The van der Waals surface area contributed by atoms with Crippen LogP contribution in [0, 0.1) is 17.8 Å². The Balaban J connectivity index is 1.85. The number of carbonyl (C=O) groups is 5. The summed E-state index contributed by atoms with van der Waals surface area (Å²) < 4.78 is 0. The van der Waals surface area contributed by atoms with Crippen molar-refractivity contribution in [3.63, 3.8) is 0 Å². The van der Waals surface area contributed by atoms with E-state index < -0.39 is 89.7 Å². The summed E-state index contributed by atoms with van der Waals surface area (Å²) in [6.45, 7) is 8.84. The molecule has 0 saturated carbocycles. The van der Waals surface area contributed by atoms with Crippen LogP contribution in [0.25, 0.3) is 0 Å². The Hall–Kier alpha value is -1.98. The molecule has 15 heteroatoms. The fourth-order valence-corrected chi connectivity index (χ4v) is 5.91. The highest BCUT2D eigenvalue weighted by atomic mass is 32.2. The highest BCUT2D eigenvalue weighted by molar-refractivity contribution is 8.01. The van der Waals surface area contributed by atoms with Gasteiger partial charge in [0.05, 0.1) is 29.8 Å². The second-order valence-electron chi connectivity index (χ2n) is 12.0. The first kappa shape index (κ1) is 37.2. The molecule has 3 amide bonds. The maximum Gasteiger partial charge on any atom is 0.242 e. The number of piperidine rings is 1. The summed E-state index contributed by atoms with van der Waals surface area (Å²) in [5, 5.41) is 54.1. The first-order valence-electron chi connectivity index (χ1n) is 14.8. The average molecular weight is 633 g/mol. The highest BCUT2D eigenvalue weighted by Gasteiger charge is 2.41. The molecule has 2 aliphatic heterocycles. The van der Waals surface area contributed by atoms with Gasteiger partial charge in [-0.3, -0.25) is 39.1 Å².